The van der Waals surface area contributed by atoms with Crippen LogP contribution in [-0.4, -0.2) is 12.6 Å². The Hall–Kier alpha value is -1.74. The Balaban J connectivity index is 2.05. The van der Waals surface area contributed by atoms with Gasteiger partial charge in [0, 0.05) is 30.4 Å². The highest BCUT2D eigenvalue weighted by atomic mass is 16.3. The Kier molecular flexibility index (Phi) is 4.73. The fraction of sp³-hybridized carbons (Fsp3) is 0.444. The number of anilines is 1. The molecule has 3 heteroatoms. The van der Waals surface area contributed by atoms with E-state index in [1.54, 1.807) is 6.26 Å². The number of rotatable bonds is 5. The van der Waals surface area contributed by atoms with Gasteiger partial charge in [0.25, 0.3) is 0 Å². The predicted molar refractivity (Wildman–Crippen MR) is 88.6 cm³/mol. The zero-order valence-electron chi connectivity index (χ0n) is 13.7. The second kappa shape index (κ2) is 6.35. The lowest BCUT2D eigenvalue weighted by Gasteiger charge is -2.22. The first kappa shape index (κ1) is 15.6. The van der Waals surface area contributed by atoms with Crippen LogP contribution in [0.1, 0.15) is 37.7 Å². The van der Waals surface area contributed by atoms with Crippen LogP contribution in [0, 0.1) is 6.92 Å². The van der Waals surface area contributed by atoms with Crippen molar-refractivity contribution < 1.29 is 4.42 Å². The normalized spacial score (nSPS) is 11.7. The van der Waals surface area contributed by atoms with Crippen molar-refractivity contribution in [1.29, 1.82) is 0 Å². The largest absolute Gasteiger partial charge is 0.468 e. The maximum atomic E-state index is 5.63. The number of hydrogen-bond donors (Lipinski definition) is 1. The molecule has 0 aliphatic rings. The van der Waals surface area contributed by atoms with Crippen LogP contribution in [0.2, 0.25) is 0 Å². The zero-order chi connectivity index (χ0) is 15.5. The van der Waals surface area contributed by atoms with Gasteiger partial charge in [-0.15, -0.1) is 0 Å². The van der Waals surface area contributed by atoms with Gasteiger partial charge >= 0.3 is 0 Å². The molecule has 0 unspecified atom stereocenters. The summed E-state index contributed by atoms with van der Waals surface area (Å²) in [4.78, 5) is 2.25. The fourth-order valence-electron chi connectivity index (χ4n) is 2.22. The van der Waals surface area contributed by atoms with Crippen molar-refractivity contribution in [2.75, 3.05) is 11.9 Å². The average Bonchev–Trinajstić information content (AvgIpc) is 2.83. The minimum Gasteiger partial charge on any atom is -0.468 e. The first-order chi connectivity index (χ1) is 9.85. The van der Waals surface area contributed by atoms with Crippen LogP contribution in [0.4, 0.5) is 5.69 Å². The third kappa shape index (κ3) is 4.64. The van der Waals surface area contributed by atoms with E-state index < -0.39 is 0 Å². The molecule has 0 saturated heterocycles. The molecule has 0 atom stereocenters. The number of nitrogens with zero attached hydrogens (tertiary/aromatic N) is 1. The van der Waals surface area contributed by atoms with Crippen LogP contribution >= 0.6 is 0 Å². The predicted octanol–water partition coefficient (Wildman–Crippen LogP) is 4.11. The number of furan rings is 1. The summed E-state index contributed by atoms with van der Waals surface area (Å²) in [7, 11) is 2.11. The van der Waals surface area contributed by atoms with E-state index >= 15 is 0 Å². The van der Waals surface area contributed by atoms with Crippen LogP contribution in [0.25, 0.3) is 0 Å². The third-order valence-corrected chi connectivity index (χ3v) is 3.47. The van der Waals surface area contributed by atoms with Gasteiger partial charge in [0.15, 0.2) is 0 Å². The van der Waals surface area contributed by atoms with Crippen molar-refractivity contribution in [3.8, 4) is 0 Å². The fourth-order valence-corrected chi connectivity index (χ4v) is 2.22. The molecule has 2 aromatic rings. The minimum absolute atomic E-state index is 0.0898. The molecule has 21 heavy (non-hydrogen) atoms. The van der Waals surface area contributed by atoms with Crippen LogP contribution in [0.15, 0.2) is 41.0 Å². The second-order valence-electron chi connectivity index (χ2n) is 6.67. The Labute approximate surface area is 128 Å². The molecule has 0 aliphatic heterocycles. The Morgan fingerprint density at radius 2 is 1.95 bits per heavy atom. The molecule has 1 N–H and O–H groups in total. The van der Waals surface area contributed by atoms with Gasteiger partial charge in [0.2, 0.25) is 0 Å². The molecule has 1 aromatic heterocycles. The van der Waals surface area contributed by atoms with E-state index in [2.05, 4.69) is 75.3 Å². The lowest BCUT2D eigenvalue weighted by Crippen LogP contribution is -2.35. The van der Waals surface area contributed by atoms with Gasteiger partial charge in [-0.05, 0) is 51.5 Å². The van der Waals surface area contributed by atoms with Crippen molar-refractivity contribution in [3.63, 3.8) is 0 Å². The molecule has 0 amide bonds. The van der Waals surface area contributed by atoms with E-state index in [1.807, 2.05) is 0 Å². The first-order valence-electron chi connectivity index (χ1n) is 7.43. The van der Waals surface area contributed by atoms with Crippen molar-refractivity contribution in [1.82, 2.24) is 5.32 Å². The monoisotopic (exact) mass is 286 g/mol. The molecule has 0 aliphatic carbocycles. The minimum atomic E-state index is 0.0898. The standard InChI is InChI=1S/C18H26N2O/c1-14-7-6-8-16(11-14)20(5)13-15-9-10-21-17(15)12-19-18(2,3)4/h6-11,19H,12-13H2,1-5H3. The molecule has 1 aromatic carbocycles. The summed E-state index contributed by atoms with van der Waals surface area (Å²) in [5.41, 5.74) is 3.83. The van der Waals surface area contributed by atoms with Crippen molar-refractivity contribution in [2.24, 2.45) is 0 Å². The lowest BCUT2D eigenvalue weighted by atomic mass is 10.1. The van der Waals surface area contributed by atoms with Gasteiger partial charge in [-0.3, -0.25) is 0 Å². The van der Waals surface area contributed by atoms with Crippen molar-refractivity contribution in [2.45, 2.75) is 46.3 Å². The molecule has 0 spiro atoms. The summed E-state index contributed by atoms with van der Waals surface area (Å²) >= 11 is 0. The topological polar surface area (TPSA) is 28.4 Å². The van der Waals surface area contributed by atoms with Crippen molar-refractivity contribution >= 4 is 5.69 Å². The van der Waals surface area contributed by atoms with Gasteiger partial charge in [0.1, 0.15) is 5.76 Å². The molecule has 0 bridgehead atoms. The van der Waals surface area contributed by atoms with E-state index in [-0.39, 0.29) is 5.54 Å². The Morgan fingerprint density at radius 3 is 2.62 bits per heavy atom. The molecular weight excluding hydrogens is 260 g/mol. The quantitative estimate of drug-likeness (QED) is 0.896. The maximum absolute atomic E-state index is 5.63. The number of hydrogen-bond acceptors (Lipinski definition) is 3. The zero-order valence-corrected chi connectivity index (χ0v) is 13.7. The number of aryl methyl sites for hydroxylation is 1. The lowest BCUT2D eigenvalue weighted by molar-refractivity contribution is 0.386. The molecule has 114 valence electrons. The summed E-state index contributed by atoms with van der Waals surface area (Å²) < 4.78 is 5.63. The summed E-state index contributed by atoms with van der Waals surface area (Å²) in [6, 6.07) is 10.6. The van der Waals surface area contributed by atoms with Crippen LogP contribution in [0.3, 0.4) is 0 Å². The first-order valence-corrected chi connectivity index (χ1v) is 7.43. The second-order valence-corrected chi connectivity index (χ2v) is 6.67. The van der Waals surface area contributed by atoms with E-state index in [1.165, 1.54) is 16.8 Å². The molecule has 0 radical (unpaired) electrons. The Bertz CT molecular complexity index is 581. The highest BCUT2D eigenvalue weighted by Gasteiger charge is 2.13. The van der Waals surface area contributed by atoms with E-state index in [4.69, 9.17) is 4.42 Å². The van der Waals surface area contributed by atoms with Gasteiger partial charge in [-0.1, -0.05) is 12.1 Å². The van der Waals surface area contributed by atoms with E-state index in [9.17, 15) is 0 Å². The summed E-state index contributed by atoms with van der Waals surface area (Å²) in [5.74, 6) is 1.02. The van der Waals surface area contributed by atoms with Gasteiger partial charge in [-0.25, -0.2) is 0 Å². The molecule has 1 heterocycles. The molecule has 0 saturated carbocycles. The average molecular weight is 286 g/mol. The van der Waals surface area contributed by atoms with Gasteiger partial charge < -0.3 is 14.6 Å². The summed E-state index contributed by atoms with van der Waals surface area (Å²) in [6.07, 6.45) is 1.78. The molecule has 2 rings (SSSR count). The molecule has 3 nitrogen and oxygen atoms in total. The SMILES string of the molecule is Cc1cccc(N(C)Cc2ccoc2CNC(C)(C)C)c1. The highest BCUT2D eigenvalue weighted by Crippen LogP contribution is 2.20. The number of benzene rings is 1. The summed E-state index contributed by atoms with van der Waals surface area (Å²) in [6.45, 7) is 10.2. The van der Waals surface area contributed by atoms with Gasteiger partial charge in [0.05, 0.1) is 12.8 Å². The van der Waals surface area contributed by atoms with E-state index in [0.717, 1.165) is 18.8 Å². The Morgan fingerprint density at radius 1 is 1.19 bits per heavy atom. The molecular formula is C18H26N2O. The third-order valence-electron chi connectivity index (χ3n) is 3.47. The summed E-state index contributed by atoms with van der Waals surface area (Å²) in [5, 5.41) is 3.47. The van der Waals surface area contributed by atoms with Crippen molar-refractivity contribution in [3.05, 3.63) is 53.5 Å². The van der Waals surface area contributed by atoms with E-state index in [0.29, 0.717) is 0 Å². The highest BCUT2D eigenvalue weighted by molar-refractivity contribution is 5.48. The smallest absolute Gasteiger partial charge is 0.122 e. The number of nitrogens with one attached hydrogen (secondary N) is 1. The maximum Gasteiger partial charge on any atom is 0.122 e. The van der Waals surface area contributed by atoms with Crippen LogP contribution in [0.5, 0.6) is 0 Å². The van der Waals surface area contributed by atoms with Crippen LogP contribution < -0.4 is 10.2 Å². The molecule has 0 fully saturated rings. The van der Waals surface area contributed by atoms with Gasteiger partial charge in [-0.2, -0.15) is 0 Å². The van der Waals surface area contributed by atoms with Crippen LogP contribution in [-0.2, 0) is 13.1 Å².